The standard InChI is InChI=1S/C21H27F3N4O3/c1-3-4-15(30)31-17-12-7-27(8-13(12)17)19-16(11-5-6-11)18(21(22,23)24)25-20(26-19)28-9-14(29)10(28)2/h10-14,17,29H,3-9H2,1-2H3/t10-,12?,13?,14+,17?/m0/s1. The number of alkyl halides is 3. The van der Waals surface area contributed by atoms with Gasteiger partial charge in [-0.15, -0.1) is 0 Å². The van der Waals surface area contributed by atoms with E-state index in [9.17, 15) is 23.1 Å². The first-order valence-electron chi connectivity index (χ1n) is 11.1. The molecule has 1 aromatic rings. The first-order chi connectivity index (χ1) is 14.7. The molecule has 4 aliphatic rings. The number of hydrogen-bond donors (Lipinski definition) is 1. The molecule has 7 nitrogen and oxygen atoms in total. The van der Waals surface area contributed by atoms with Crippen molar-refractivity contribution in [2.24, 2.45) is 11.8 Å². The zero-order valence-corrected chi connectivity index (χ0v) is 17.6. The van der Waals surface area contributed by atoms with Crippen molar-refractivity contribution in [3.8, 4) is 0 Å². The number of aromatic nitrogens is 2. The smallest absolute Gasteiger partial charge is 0.433 e. The van der Waals surface area contributed by atoms with Crippen molar-refractivity contribution in [1.29, 1.82) is 0 Å². The zero-order valence-electron chi connectivity index (χ0n) is 17.6. The predicted molar refractivity (Wildman–Crippen MR) is 106 cm³/mol. The number of anilines is 2. The molecule has 1 N–H and O–H groups in total. The topological polar surface area (TPSA) is 78.8 Å². The Morgan fingerprint density at radius 1 is 1.19 bits per heavy atom. The van der Waals surface area contributed by atoms with E-state index in [2.05, 4.69) is 9.97 Å². The number of hydrogen-bond acceptors (Lipinski definition) is 7. The molecule has 2 aliphatic carbocycles. The van der Waals surface area contributed by atoms with Crippen LogP contribution in [0.5, 0.6) is 0 Å². The minimum Gasteiger partial charge on any atom is -0.462 e. The molecule has 4 fully saturated rings. The Morgan fingerprint density at radius 3 is 2.39 bits per heavy atom. The Kier molecular flexibility index (Phi) is 4.84. The van der Waals surface area contributed by atoms with Gasteiger partial charge in [0.05, 0.1) is 12.1 Å². The third-order valence-corrected chi connectivity index (χ3v) is 6.99. The van der Waals surface area contributed by atoms with Gasteiger partial charge < -0.3 is 19.6 Å². The highest BCUT2D eigenvalue weighted by molar-refractivity contribution is 5.70. The van der Waals surface area contributed by atoms with Crippen LogP contribution in [0.25, 0.3) is 0 Å². The highest BCUT2D eigenvalue weighted by Crippen LogP contribution is 2.53. The number of carbonyl (C=O) groups excluding carboxylic acids is 1. The molecule has 1 aromatic heterocycles. The van der Waals surface area contributed by atoms with Gasteiger partial charge in [0.25, 0.3) is 0 Å². The summed E-state index contributed by atoms with van der Waals surface area (Å²) < 4.78 is 47.4. The Bertz CT molecular complexity index is 879. The second-order valence-corrected chi connectivity index (χ2v) is 9.28. The Hall–Kier alpha value is -2.10. The molecule has 2 saturated heterocycles. The van der Waals surface area contributed by atoms with E-state index in [0.717, 1.165) is 6.42 Å². The molecule has 0 aromatic carbocycles. The second-order valence-electron chi connectivity index (χ2n) is 9.28. The van der Waals surface area contributed by atoms with Crippen LogP contribution < -0.4 is 9.80 Å². The van der Waals surface area contributed by atoms with E-state index in [0.29, 0.717) is 38.2 Å². The summed E-state index contributed by atoms with van der Waals surface area (Å²) >= 11 is 0. The molecule has 31 heavy (non-hydrogen) atoms. The molecule has 0 radical (unpaired) electrons. The average Bonchev–Trinajstić information content (AvgIpc) is 3.61. The fourth-order valence-electron chi connectivity index (χ4n) is 4.87. The van der Waals surface area contributed by atoms with Crippen LogP contribution in [0.4, 0.5) is 24.9 Å². The van der Waals surface area contributed by atoms with Crippen LogP contribution in [0, 0.1) is 11.8 Å². The van der Waals surface area contributed by atoms with Crippen molar-refractivity contribution in [3.63, 3.8) is 0 Å². The first kappa shape index (κ1) is 20.8. The second kappa shape index (κ2) is 7.21. The highest BCUT2D eigenvalue weighted by atomic mass is 19.4. The summed E-state index contributed by atoms with van der Waals surface area (Å²) in [5.74, 6) is 0.294. The van der Waals surface area contributed by atoms with E-state index in [1.165, 1.54) is 0 Å². The average molecular weight is 440 g/mol. The molecular formula is C21H27F3N4O3. The van der Waals surface area contributed by atoms with Crippen molar-refractivity contribution in [1.82, 2.24) is 9.97 Å². The molecule has 10 heteroatoms. The van der Waals surface area contributed by atoms with E-state index in [-0.39, 0.29) is 53.9 Å². The van der Waals surface area contributed by atoms with Crippen LogP contribution >= 0.6 is 0 Å². The SMILES string of the molecule is CCCC(=O)OC1C2CN(c3nc(N4C[C@@H](O)[C@@H]4C)nc(C(F)(F)F)c3C3CC3)CC21. The summed E-state index contributed by atoms with van der Waals surface area (Å²) in [6, 6.07) is -0.324. The van der Waals surface area contributed by atoms with Crippen LogP contribution in [0.2, 0.25) is 0 Å². The number of nitrogens with zero attached hydrogens (tertiary/aromatic N) is 4. The third-order valence-electron chi connectivity index (χ3n) is 6.99. The molecule has 2 aliphatic heterocycles. The number of aliphatic hydroxyl groups is 1. The summed E-state index contributed by atoms with van der Waals surface area (Å²) in [5, 5.41) is 9.82. The van der Waals surface area contributed by atoms with Crippen LogP contribution in [0.1, 0.15) is 56.7 Å². The van der Waals surface area contributed by atoms with E-state index >= 15 is 0 Å². The van der Waals surface area contributed by atoms with Gasteiger partial charge in [-0.1, -0.05) is 6.92 Å². The lowest BCUT2D eigenvalue weighted by Gasteiger charge is -2.43. The molecule has 170 valence electrons. The number of β-amino-alcohol motifs (C(OH)–C–C–N with tert-alkyl or cyclic N) is 1. The van der Waals surface area contributed by atoms with Gasteiger partial charge in [0.15, 0.2) is 5.69 Å². The van der Waals surface area contributed by atoms with Gasteiger partial charge in [-0.2, -0.15) is 18.2 Å². The number of piperidine rings is 1. The van der Waals surface area contributed by atoms with E-state index in [4.69, 9.17) is 4.74 Å². The Morgan fingerprint density at radius 2 is 1.87 bits per heavy atom. The van der Waals surface area contributed by atoms with Crippen molar-refractivity contribution >= 4 is 17.7 Å². The van der Waals surface area contributed by atoms with Gasteiger partial charge >= 0.3 is 12.1 Å². The number of rotatable bonds is 6. The lowest BCUT2D eigenvalue weighted by molar-refractivity contribution is -0.146. The maximum Gasteiger partial charge on any atom is 0.433 e. The quantitative estimate of drug-likeness (QED) is 0.682. The minimum absolute atomic E-state index is 0.0241. The third kappa shape index (κ3) is 3.62. The summed E-state index contributed by atoms with van der Waals surface area (Å²) in [6.07, 6.45) is -2.78. The zero-order chi connectivity index (χ0) is 22.1. The minimum atomic E-state index is -4.57. The number of esters is 1. The molecule has 4 atom stereocenters. The number of aliphatic hydroxyl groups excluding tert-OH is 1. The Labute approximate surface area is 178 Å². The van der Waals surface area contributed by atoms with E-state index < -0.39 is 18.0 Å². The lowest BCUT2D eigenvalue weighted by atomic mass is 10.0. The molecular weight excluding hydrogens is 413 g/mol. The molecule has 5 rings (SSSR count). The summed E-state index contributed by atoms with van der Waals surface area (Å²) in [4.78, 5) is 23.8. The van der Waals surface area contributed by atoms with E-state index in [1.54, 1.807) is 11.8 Å². The predicted octanol–water partition coefficient (Wildman–Crippen LogP) is 2.72. The number of carbonyl (C=O) groups is 1. The maximum absolute atomic E-state index is 14.0. The molecule has 2 saturated carbocycles. The summed E-state index contributed by atoms with van der Waals surface area (Å²) in [6.45, 7) is 4.95. The maximum atomic E-state index is 14.0. The Balaban J connectivity index is 1.43. The number of halogens is 3. The van der Waals surface area contributed by atoms with Gasteiger partial charge in [-0.25, -0.2) is 4.98 Å². The molecule has 0 spiro atoms. The van der Waals surface area contributed by atoms with Crippen molar-refractivity contribution in [3.05, 3.63) is 11.3 Å². The van der Waals surface area contributed by atoms with Crippen LogP contribution in [0.15, 0.2) is 0 Å². The molecule has 2 unspecified atom stereocenters. The van der Waals surface area contributed by atoms with Gasteiger partial charge in [0, 0.05) is 43.5 Å². The normalized spacial score (nSPS) is 32.0. The molecule has 3 heterocycles. The van der Waals surface area contributed by atoms with Crippen molar-refractivity contribution in [2.75, 3.05) is 29.4 Å². The summed E-state index contributed by atoms with van der Waals surface area (Å²) in [7, 11) is 0. The highest BCUT2D eigenvalue weighted by Gasteiger charge is 2.59. The first-order valence-corrected chi connectivity index (χ1v) is 11.1. The number of ether oxygens (including phenoxy) is 1. The van der Waals surface area contributed by atoms with Gasteiger partial charge in [-0.05, 0) is 32.1 Å². The number of fused-ring (bicyclic) bond motifs is 1. The van der Waals surface area contributed by atoms with Crippen molar-refractivity contribution in [2.45, 2.75) is 69.9 Å². The van der Waals surface area contributed by atoms with Crippen LogP contribution in [-0.2, 0) is 15.7 Å². The van der Waals surface area contributed by atoms with Gasteiger partial charge in [0.2, 0.25) is 5.95 Å². The van der Waals surface area contributed by atoms with Gasteiger partial charge in [0.1, 0.15) is 11.9 Å². The summed E-state index contributed by atoms with van der Waals surface area (Å²) in [5.41, 5.74) is -0.652. The van der Waals surface area contributed by atoms with Crippen LogP contribution in [-0.4, -0.2) is 58.9 Å². The van der Waals surface area contributed by atoms with Crippen LogP contribution in [0.3, 0.4) is 0 Å². The lowest BCUT2D eigenvalue weighted by Crippen LogP contribution is -2.59. The van der Waals surface area contributed by atoms with E-state index in [1.807, 2.05) is 11.8 Å². The van der Waals surface area contributed by atoms with Crippen molar-refractivity contribution < 1.29 is 27.8 Å². The molecule has 0 amide bonds. The fraction of sp³-hybridized carbons (Fsp3) is 0.762. The monoisotopic (exact) mass is 440 g/mol. The fourth-order valence-corrected chi connectivity index (χ4v) is 4.87. The largest absolute Gasteiger partial charge is 0.462 e. The van der Waals surface area contributed by atoms with Gasteiger partial charge in [-0.3, -0.25) is 4.79 Å². The molecule has 0 bridgehead atoms.